The molecule has 1 saturated heterocycles. The molecule has 1 heterocycles. The van der Waals surface area contributed by atoms with E-state index in [4.69, 9.17) is 0 Å². The zero-order valence-corrected chi connectivity index (χ0v) is 16.8. The van der Waals surface area contributed by atoms with E-state index in [0.717, 1.165) is 25.5 Å². The third-order valence-electron chi connectivity index (χ3n) is 5.25. The molecule has 1 fully saturated rings. The maximum Gasteiger partial charge on any atom is 0.193 e. The number of guanidine groups is 1. The molecule has 1 aliphatic rings. The fourth-order valence-corrected chi connectivity index (χ4v) is 3.58. The van der Waals surface area contributed by atoms with Crippen molar-refractivity contribution in [1.82, 2.24) is 15.1 Å². The number of nitrogens with one attached hydrogen (secondary N) is 1. The van der Waals surface area contributed by atoms with Crippen molar-refractivity contribution in [2.75, 3.05) is 33.7 Å². The summed E-state index contributed by atoms with van der Waals surface area (Å²) in [6.45, 7) is 11.1. The highest BCUT2D eigenvalue weighted by Gasteiger charge is 2.22. The molecule has 0 radical (unpaired) electrons. The van der Waals surface area contributed by atoms with Crippen LogP contribution in [0.4, 0.5) is 0 Å². The molecule has 1 aromatic carbocycles. The summed E-state index contributed by atoms with van der Waals surface area (Å²) in [7, 11) is 3.99. The van der Waals surface area contributed by atoms with Gasteiger partial charge in [0.15, 0.2) is 5.96 Å². The Kier molecular flexibility index (Phi) is 7.76. The summed E-state index contributed by atoms with van der Waals surface area (Å²) in [5.74, 6) is 1.70. The lowest BCUT2D eigenvalue weighted by Gasteiger charge is -2.36. The molecule has 1 atom stereocenters. The molecule has 0 aliphatic carbocycles. The van der Waals surface area contributed by atoms with Crippen LogP contribution in [0.1, 0.15) is 44.7 Å². The number of aliphatic imine (C=N–C) groups is 1. The number of rotatable bonds is 6. The number of likely N-dealkylation sites (tertiary alicyclic amines) is 1. The molecule has 1 N–H and O–H groups in total. The topological polar surface area (TPSA) is 30.9 Å². The second-order valence-electron chi connectivity index (χ2n) is 7.55. The summed E-state index contributed by atoms with van der Waals surface area (Å²) in [4.78, 5) is 9.28. The first kappa shape index (κ1) is 19.8. The van der Waals surface area contributed by atoms with E-state index >= 15 is 0 Å². The molecule has 4 heteroatoms. The largest absolute Gasteiger partial charge is 0.356 e. The van der Waals surface area contributed by atoms with Crippen molar-refractivity contribution in [2.45, 2.75) is 52.6 Å². The molecule has 4 nitrogen and oxygen atoms in total. The van der Waals surface area contributed by atoms with Gasteiger partial charge in [0.2, 0.25) is 0 Å². The highest BCUT2D eigenvalue weighted by molar-refractivity contribution is 5.79. The average Bonchev–Trinajstić information content (AvgIpc) is 2.63. The number of benzene rings is 1. The van der Waals surface area contributed by atoms with Crippen molar-refractivity contribution >= 4 is 5.96 Å². The van der Waals surface area contributed by atoms with E-state index < -0.39 is 0 Å². The van der Waals surface area contributed by atoms with Crippen LogP contribution in [0.2, 0.25) is 0 Å². The Labute approximate surface area is 154 Å². The lowest BCUT2D eigenvalue weighted by molar-refractivity contribution is 0.140. The molecule has 140 valence electrons. The van der Waals surface area contributed by atoms with Crippen molar-refractivity contribution in [2.24, 2.45) is 10.9 Å². The van der Waals surface area contributed by atoms with E-state index in [0.29, 0.717) is 12.0 Å². The fraction of sp³-hybridized carbons (Fsp3) is 0.667. The molecule has 0 aromatic heterocycles. The SMILES string of the molecule is CCc1ccc(CN(C)C(=NC)NCC2CCCN(C(C)C)C2)cc1. The standard InChI is InChI=1S/C21H36N4/c1-6-18-9-11-19(12-10-18)15-24(5)21(22-4)23-14-20-8-7-13-25(16-20)17(2)3/h9-12,17,20H,6-8,13-16H2,1-5H3,(H,22,23). The third kappa shape index (κ3) is 6.03. The van der Waals surface area contributed by atoms with Gasteiger partial charge in [-0.1, -0.05) is 31.2 Å². The molecule has 0 spiro atoms. The van der Waals surface area contributed by atoms with Crippen LogP contribution in [-0.4, -0.2) is 55.5 Å². The highest BCUT2D eigenvalue weighted by atomic mass is 15.3. The average molecular weight is 345 g/mol. The molecular weight excluding hydrogens is 308 g/mol. The minimum absolute atomic E-state index is 0.649. The number of piperidine rings is 1. The molecule has 0 bridgehead atoms. The summed E-state index contributed by atoms with van der Waals surface area (Å²) in [5.41, 5.74) is 2.72. The van der Waals surface area contributed by atoms with Crippen LogP contribution >= 0.6 is 0 Å². The maximum atomic E-state index is 4.47. The van der Waals surface area contributed by atoms with Gasteiger partial charge in [-0.05, 0) is 56.7 Å². The molecular formula is C21H36N4. The van der Waals surface area contributed by atoms with Crippen LogP contribution in [0.25, 0.3) is 0 Å². The first-order valence-electron chi connectivity index (χ1n) is 9.77. The van der Waals surface area contributed by atoms with E-state index in [1.54, 1.807) is 0 Å². The quantitative estimate of drug-likeness (QED) is 0.634. The first-order chi connectivity index (χ1) is 12.0. The maximum absolute atomic E-state index is 4.47. The van der Waals surface area contributed by atoms with E-state index in [-0.39, 0.29) is 0 Å². The Balaban J connectivity index is 1.84. The Morgan fingerprint density at radius 3 is 2.56 bits per heavy atom. The molecule has 1 aliphatic heterocycles. The summed E-state index contributed by atoms with van der Waals surface area (Å²) in [6.07, 6.45) is 3.71. The molecule has 1 aromatic rings. The Bertz CT molecular complexity index is 535. The molecule has 0 saturated carbocycles. The summed E-state index contributed by atoms with van der Waals surface area (Å²) in [6, 6.07) is 9.55. The van der Waals surface area contributed by atoms with E-state index in [1.807, 2.05) is 7.05 Å². The normalized spacial score (nSPS) is 19.3. The van der Waals surface area contributed by atoms with Gasteiger partial charge in [-0.3, -0.25) is 4.99 Å². The summed E-state index contributed by atoms with van der Waals surface area (Å²) >= 11 is 0. The number of hydrogen-bond acceptors (Lipinski definition) is 2. The third-order valence-corrected chi connectivity index (χ3v) is 5.25. The van der Waals surface area contributed by atoms with Crippen molar-refractivity contribution in [3.05, 3.63) is 35.4 Å². The van der Waals surface area contributed by atoms with Crippen molar-refractivity contribution in [1.29, 1.82) is 0 Å². The van der Waals surface area contributed by atoms with Gasteiger partial charge in [0.25, 0.3) is 0 Å². The molecule has 2 rings (SSSR count). The predicted molar refractivity (Wildman–Crippen MR) is 108 cm³/mol. The molecule has 1 unspecified atom stereocenters. The smallest absolute Gasteiger partial charge is 0.193 e. The van der Waals surface area contributed by atoms with Gasteiger partial charge in [-0.25, -0.2) is 0 Å². The van der Waals surface area contributed by atoms with Crippen LogP contribution in [0.15, 0.2) is 29.3 Å². The zero-order valence-electron chi connectivity index (χ0n) is 16.8. The van der Waals surface area contributed by atoms with E-state index in [1.165, 1.54) is 37.1 Å². The zero-order chi connectivity index (χ0) is 18.2. The summed E-state index contributed by atoms with van der Waals surface area (Å²) in [5, 5.41) is 3.59. The van der Waals surface area contributed by atoms with Crippen molar-refractivity contribution < 1.29 is 0 Å². The second-order valence-corrected chi connectivity index (χ2v) is 7.55. The van der Waals surface area contributed by atoms with Gasteiger partial charge in [0.05, 0.1) is 0 Å². The van der Waals surface area contributed by atoms with Gasteiger partial charge in [0, 0.05) is 39.8 Å². The van der Waals surface area contributed by atoms with Crippen LogP contribution in [-0.2, 0) is 13.0 Å². The highest BCUT2D eigenvalue weighted by Crippen LogP contribution is 2.17. The van der Waals surface area contributed by atoms with Gasteiger partial charge in [-0.2, -0.15) is 0 Å². The lowest BCUT2D eigenvalue weighted by atomic mass is 9.97. The van der Waals surface area contributed by atoms with Gasteiger partial charge < -0.3 is 15.1 Å². The Morgan fingerprint density at radius 2 is 1.96 bits per heavy atom. The minimum Gasteiger partial charge on any atom is -0.356 e. The van der Waals surface area contributed by atoms with Crippen LogP contribution in [0.3, 0.4) is 0 Å². The minimum atomic E-state index is 0.649. The van der Waals surface area contributed by atoms with E-state index in [9.17, 15) is 0 Å². The number of nitrogens with zero attached hydrogens (tertiary/aromatic N) is 3. The van der Waals surface area contributed by atoms with Crippen molar-refractivity contribution in [3.63, 3.8) is 0 Å². The predicted octanol–water partition coefficient (Wildman–Crippen LogP) is 3.38. The van der Waals surface area contributed by atoms with Gasteiger partial charge in [-0.15, -0.1) is 0 Å². The number of hydrogen-bond donors (Lipinski definition) is 1. The molecule has 25 heavy (non-hydrogen) atoms. The fourth-order valence-electron chi connectivity index (χ4n) is 3.58. The Morgan fingerprint density at radius 1 is 1.28 bits per heavy atom. The van der Waals surface area contributed by atoms with Crippen LogP contribution in [0.5, 0.6) is 0 Å². The van der Waals surface area contributed by atoms with Crippen molar-refractivity contribution in [3.8, 4) is 0 Å². The van der Waals surface area contributed by atoms with Crippen LogP contribution in [0, 0.1) is 5.92 Å². The second kappa shape index (κ2) is 9.81. The van der Waals surface area contributed by atoms with E-state index in [2.05, 4.69) is 72.2 Å². The first-order valence-corrected chi connectivity index (χ1v) is 9.77. The lowest BCUT2D eigenvalue weighted by Crippen LogP contribution is -2.46. The summed E-state index contributed by atoms with van der Waals surface area (Å²) < 4.78 is 0. The van der Waals surface area contributed by atoms with Gasteiger partial charge >= 0.3 is 0 Å². The Hall–Kier alpha value is -1.55. The number of aryl methyl sites for hydroxylation is 1. The molecule has 0 amide bonds. The van der Waals surface area contributed by atoms with Crippen LogP contribution < -0.4 is 5.32 Å². The monoisotopic (exact) mass is 344 g/mol. The van der Waals surface area contributed by atoms with Gasteiger partial charge in [0.1, 0.15) is 0 Å².